The fourth-order valence-corrected chi connectivity index (χ4v) is 3.43. The lowest BCUT2D eigenvalue weighted by atomic mass is 10.1. The van der Waals surface area contributed by atoms with Crippen LogP contribution in [0.4, 0.5) is 0 Å². The highest BCUT2D eigenvalue weighted by Gasteiger charge is 2.32. The molecule has 0 aromatic heterocycles. The summed E-state index contributed by atoms with van der Waals surface area (Å²) in [4.78, 5) is 4.91. The second-order valence-corrected chi connectivity index (χ2v) is 6.31. The van der Waals surface area contributed by atoms with E-state index in [0.717, 1.165) is 31.3 Å². The molecule has 21 heavy (non-hydrogen) atoms. The summed E-state index contributed by atoms with van der Waals surface area (Å²) in [5.74, 6) is 1.68. The van der Waals surface area contributed by atoms with Crippen molar-refractivity contribution in [3.8, 4) is 5.75 Å². The van der Waals surface area contributed by atoms with Gasteiger partial charge in [-0.2, -0.15) is 0 Å². The van der Waals surface area contributed by atoms with Gasteiger partial charge in [0.15, 0.2) is 0 Å². The van der Waals surface area contributed by atoms with E-state index in [1.54, 1.807) is 7.11 Å². The smallest absolute Gasteiger partial charge is 0.123 e. The van der Waals surface area contributed by atoms with Crippen molar-refractivity contribution < 1.29 is 4.74 Å². The summed E-state index contributed by atoms with van der Waals surface area (Å²) in [6.45, 7) is 5.67. The third kappa shape index (κ3) is 3.76. The van der Waals surface area contributed by atoms with E-state index in [2.05, 4.69) is 48.3 Å². The maximum absolute atomic E-state index is 5.51. The summed E-state index contributed by atoms with van der Waals surface area (Å²) >= 11 is 0. The van der Waals surface area contributed by atoms with Crippen molar-refractivity contribution in [2.45, 2.75) is 19.0 Å². The van der Waals surface area contributed by atoms with Crippen LogP contribution in [0.25, 0.3) is 0 Å². The van der Waals surface area contributed by atoms with Gasteiger partial charge < -0.3 is 15.0 Å². The molecule has 1 N–H and O–H groups in total. The van der Waals surface area contributed by atoms with Crippen LogP contribution in [0.3, 0.4) is 0 Å². The highest BCUT2D eigenvalue weighted by atomic mass is 16.5. The lowest BCUT2D eigenvalue weighted by molar-refractivity contribution is 0.244. The average Bonchev–Trinajstić information content (AvgIpc) is 2.85. The maximum Gasteiger partial charge on any atom is 0.123 e. The van der Waals surface area contributed by atoms with E-state index in [-0.39, 0.29) is 0 Å². The van der Waals surface area contributed by atoms with Gasteiger partial charge in [-0.15, -0.1) is 0 Å². The molecule has 1 saturated heterocycles. The molecule has 4 heteroatoms. The summed E-state index contributed by atoms with van der Waals surface area (Å²) in [7, 11) is 8.13. The summed E-state index contributed by atoms with van der Waals surface area (Å²) < 4.78 is 5.51. The molecule has 1 aliphatic heterocycles. The van der Waals surface area contributed by atoms with Crippen molar-refractivity contribution in [3.63, 3.8) is 0 Å². The number of benzene rings is 1. The third-order valence-corrected chi connectivity index (χ3v) is 4.62. The molecule has 2 rings (SSSR count). The topological polar surface area (TPSA) is 27.7 Å². The van der Waals surface area contributed by atoms with Crippen molar-refractivity contribution in [1.29, 1.82) is 0 Å². The van der Waals surface area contributed by atoms with Crippen molar-refractivity contribution in [2.75, 3.05) is 47.9 Å². The summed E-state index contributed by atoms with van der Waals surface area (Å²) in [6.07, 6.45) is 0. The number of likely N-dealkylation sites (tertiary alicyclic amines) is 1. The van der Waals surface area contributed by atoms with Crippen LogP contribution in [-0.2, 0) is 0 Å². The quantitative estimate of drug-likeness (QED) is 0.865. The van der Waals surface area contributed by atoms with Gasteiger partial charge >= 0.3 is 0 Å². The Morgan fingerprint density at radius 3 is 2.62 bits per heavy atom. The first-order valence-electron chi connectivity index (χ1n) is 7.75. The zero-order valence-corrected chi connectivity index (χ0v) is 14.0. The van der Waals surface area contributed by atoms with Crippen molar-refractivity contribution in [3.05, 3.63) is 29.8 Å². The SMILES string of the molecule is CNC(CN1CC(C)C(N(C)C)C1)c1ccccc1OC. The second kappa shape index (κ2) is 7.25. The van der Waals surface area contributed by atoms with E-state index in [4.69, 9.17) is 4.74 Å². The molecule has 0 radical (unpaired) electrons. The normalized spacial score (nSPS) is 24.5. The van der Waals surface area contributed by atoms with Crippen LogP contribution in [0.15, 0.2) is 24.3 Å². The Kier molecular flexibility index (Phi) is 5.62. The fourth-order valence-electron chi connectivity index (χ4n) is 3.43. The van der Waals surface area contributed by atoms with E-state index < -0.39 is 0 Å². The summed E-state index contributed by atoms with van der Waals surface area (Å²) in [5, 5.41) is 3.44. The molecule has 1 aliphatic rings. The predicted octanol–water partition coefficient (Wildman–Crippen LogP) is 1.84. The number of para-hydroxylation sites is 1. The zero-order chi connectivity index (χ0) is 15.4. The lowest BCUT2D eigenvalue weighted by Gasteiger charge is -2.26. The molecule has 3 unspecified atom stereocenters. The van der Waals surface area contributed by atoms with Gasteiger partial charge in [-0.1, -0.05) is 25.1 Å². The first kappa shape index (κ1) is 16.3. The Hall–Kier alpha value is -1.10. The fraction of sp³-hybridized carbons (Fsp3) is 0.647. The minimum Gasteiger partial charge on any atom is -0.496 e. The van der Waals surface area contributed by atoms with E-state index in [1.807, 2.05) is 19.2 Å². The van der Waals surface area contributed by atoms with Gasteiger partial charge in [0, 0.05) is 37.3 Å². The van der Waals surface area contributed by atoms with Crippen LogP contribution in [0.1, 0.15) is 18.5 Å². The van der Waals surface area contributed by atoms with Crippen LogP contribution in [0, 0.1) is 5.92 Å². The van der Waals surface area contributed by atoms with Crippen LogP contribution in [0.2, 0.25) is 0 Å². The number of likely N-dealkylation sites (N-methyl/N-ethyl adjacent to an activating group) is 2. The molecule has 1 aromatic rings. The Labute approximate surface area is 129 Å². The van der Waals surface area contributed by atoms with Gasteiger partial charge in [0.1, 0.15) is 5.75 Å². The van der Waals surface area contributed by atoms with Crippen LogP contribution < -0.4 is 10.1 Å². The molecular weight excluding hydrogens is 262 g/mol. The molecule has 1 heterocycles. The molecule has 0 bridgehead atoms. The number of nitrogens with zero attached hydrogens (tertiary/aromatic N) is 2. The average molecular weight is 291 g/mol. The van der Waals surface area contributed by atoms with E-state index in [9.17, 15) is 0 Å². The second-order valence-electron chi connectivity index (χ2n) is 6.31. The minimum absolute atomic E-state index is 0.300. The summed E-state index contributed by atoms with van der Waals surface area (Å²) in [6, 6.07) is 9.25. The molecule has 1 aromatic carbocycles. The monoisotopic (exact) mass is 291 g/mol. The van der Waals surface area contributed by atoms with E-state index >= 15 is 0 Å². The molecular formula is C17H29N3O. The Morgan fingerprint density at radius 1 is 1.33 bits per heavy atom. The largest absolute Gasteiger partial charge is 0.496 e. The number of methoxy groups -OCH3 is 1. The number of ether oxygens (including phenoxy) is 1. The number of rotatable bonds is 6. The van der Waals surface area contributed by atoms with Gasteiger partial charge in [-0.05, 0) is 33.1 Å². The molecule has 0 saturated carbocycles. The molecule has 0 spiro atoms. The van der Waals surface area contributed by atoms with Crippen LogP contribution in [-0.4, -0.2) is 63.7 Å². The number of nitrogens with one attached hydrogen (secondary N) is 1. The number of hydrogen-bond donors (Lipinski definition) is 1. The highest BCUT2D eigenvalue weighted by Crippen LogP contribution is 2.27. The minimum atomic E-state index is 0.300. The summed E-state index contributed by atoms with van der Waals surface area (Å²) in [5.41, 5.74) is 1.24. The van der Waals surface area contributed by atoms with E-state index in [1.165, 1.54) is 5.56 Å². The van der Waals surface area contributed by atoms with Gasteiger partial charge in [0.05, 0.1) is 7.11 Å². The zero-order valence-electron chi connectivity index (χ0n) is 14.0. The molecule has 118 valence electrons. The Balaban J connectivity index is 2.06. The molecule has 0 amide bonds. The molecule has 4 nitrogen and oxygen atoms in total. The number of hydrogen-bond acceptors (Lipinski definition) is 4. The third-order valence-electron chi connectivity index (χ3n) is 4.62. The van der Waals surface area contributed by atoms with Crippen LogP contribution in [0.5, 0.6) is 5.75 Å². The molecule has 0 aliphatic carbocycles. The van der Waals surface area contributed by atoms with Gasteiger partial charge in [-0.25, -0.2) is 0 Å². The van der Waals surface area contributed by atoms with Crippen molar-refractivity contribution in [2.24, 2.45) is 5.92 Å². The van der Waals surface area contributed by atoms with Crippen LogP contribution >= 0.6 is 0 Å². The van der Waals surface area contributed by atoms with Gasteiger partial charge in [0.2, 0.25) is 0 Å². The van der Waals surface area contributed by atoms with E-state index in [0.29, 0.717) is 12.1 Å². The first-order chi connectivity index (χ1) is 10.1. The van der Waals surface area contributed by atoms with Crippen molar-refractivity contribution in [1.82, 2.24) is 15.1 Å². The highest BCUT2D eigenvalue weighted by molar-refractivity contribution is 5.36. The van der Waals surface area contributed by atoms with Crippen molar-refractivity contribution >= 4 is 0 Å². The standard InChI is InChI=1S/C17H29N3O/c1-13-10-20(12-16(13)19(3)4)11-15(18-2)14-8-6-7-9-17(14)21-5/h6-9,13,15-16,18H,10-12H2,1-5H3. The lowest BCUT2D eigenvalue weighted by Crippen LogP contribution is -2.36. The Bertz CT molecular complexity index is 449. The molecule has 3 atom stereocenters. The molecule has 1 fully saturated rings. The Morgan fingerprint density at radius 2 is 2.05 bits per heavy atom. The predicted molar refractivity (Wildman–Crippen MR) is 87.9 cm³/mol. The van der Waals surface area contributed by atoms with Gasteiger partial charge in [0.25, 0.3) is 0 Å². The first-order valence-corrected chi connectivity index (χ1v) is 7.75. The van der Waals surface area contributed by atoms with Gasteiger partial charge in [-0.3, -0.25) is 4.90 Å². The maximum atomic E-state index is 5.51.